The average molecular weight is 270 g/mol. The molecule has 2 rings (SSSR count). The maximum atomic E-state index is 12.4. The van der Waals surface area contributed by atoms with E-state index in [1.54, 1.807) is 12.1 Å². The first-order chi connectivity index (χ1) is 8.32. The fourth-order valence-corrected chi connectivity index (χ4v) is 3.78. The molecular formula is C12H18N2O3S. The van der Waals surface area contributed by atoms with Crippen molar-refractivity contribution < 1.29 is 13.5 Å². The summed E-state index contributed by atoms with van der Waals surface area (Å²) in [4.78, 5) is 0.139. The molecule has 1 saturated heterocycles. The van der Waals surface area contributed by atoms with Crippen molar-refractivity contribution in [3.05, 3.63) is 23.3 Å². The zero-order valence-electron chi connectivity index (χ0n) is 10.5. The lowest BCUT2D eigenvalue weighted by Crippen LogP contribution is -2.30. The Kier molecular flexibility index (Phi) is 3.35. The number of nitrogens with two attached hydrogens (primary N) is 1. The standard InChI is InChI=1S/C12H18N2O3S/c1-8-5-11(13)12(6-9(8)2)18(16,17)14-4-3-10(15)7-14/h5-6,10,15H,3-4,7,13H2,1-2H3/t10-/m1/s1. The van der Waals surface area contributed by atoms with Gasteiger partial charge in [0.25, 0.3) is 0 Å². The van der Waals surface area contributed by atoms with Crippen molar-refractivity contribution in [3.8, 4) is 0 Å². The fraction of sp³-hybridized carbons (Fsp3) is 0.500. The number of hydrogen-bond acceptors (Lipinski definition) is 4. The maximum absolute atomic E-state index is 12.4. The van der Waals surface area contributed by atoms with Crippen molar-refractivity contribution in [1.82, 2.24) is 4.31 Å². The minimum atomic E-state index is -3.59. The van der Waals surface area contributed by atoms with Gasteiger partial charge in [-0.15, -0.1) is 0 Å². The van der Waals surface area contributed by atoms with Gasteiger partial charge in [-0.25, -0.2) is 8.42 Å². The second kappa shape index (κ2) is 4.53. The molecule has 0 aromatic heterocycles. The number of nitrogens with zero attached hydrogens (tertiary/aromatic N) is 1. The van der Waals surface area contributed by atoms with Gasteiger partial charge in [0.2, 0.25) is 10.0 Å². The monoisotopic (exact) mass is 270 g/mol. The van der Waals surface area contributed by atoms with Crippen LogP contribution in [0.1, 0.15) is 17.5 Å². The summed E-state index contributed by atoms with van der Waals surface area (Å²) >= 11 is 0. The Hall–Kier alpha value is -1.11. The van der Waals surface area contributed by atoms with Crippen LogP contribution in [0, 0.1) is 13.8 Å². The molecule has 18 heavy (non-hydrogen) atoms. The van der Waals surface area contributed by atoms with E-state index in [0.717, 1.165) is 11.1 Å². The predicted molar refractivity (Wildman–Crippen MR) is 69.7 cm³/mol. The van der Waals surface area contributed by atoms with Gasteiger partial charge in [0.1, 0.15) is 4.90 Å². The van der Waals surface area contributed by atoms with Crippen molar-refractivity contribution in [1.29, 1.82) is 0 Å². The summed E-state index contributed by atoms with van der Waals surface area (Å²) in [5.74, 6) is 0. The highest BCUT2D eigenvalue weighted by atomic mass is 32.2. The zero-order chi connectivity index (χ0) is 13.5. The van der Waals surface area contributed by atoms with Gasteiger partial charge in [0.15, 0.2) is 0 Å². The number of anilines is 1. The van der Waals surface area contributed by atoms with Gasteiger partial charge >= 0.3 is 0 Å². The van der Waals surface area contributed by atoms with Crippen LogP contribution in [-0.4, -0.2) is 37.0 Å². The molecule has 1 aromatic rings. The average Bonchev–Trinajstić information content (AvgIpc) is 2.70. The third-order valence-corrected chi connectivity index (χ3v) is 5.29. The molecule has 1 aliphatic rings. The minimum Gasteiger partial charge on any atom is -0.398 e. The lowest BCUT2D eigenvalue weighted by atomic mass is 10.1. The molecule has 3 N–H and O–H groups in total. The number of aryl methyl sites for hydroxylation is 2. The van der Waals surface area contributed by atoms with Crippen molar-refractivity contribution in [2.24, 2.45) is 0 Å². The maximum Gasteiger partial charge on any atom is 0.245 e. The quantitative estimate of drug-likeness (QED) is 0.773. The van der Waals surface area contributed by atoms with E-state index in [9.17, 15) is 13.5 Å². The molecule has 0 radical (unpaired) electrons. The normalized spacial score (nSPS) is 21.4. The molecule has 0 amide bonds. The smallest absolute Gasteiger partial charge is 0.245 e. The molecule has 6 heteroatoms. The Morgan fingerprint density at radius 1 is 1.33 bits per heavy atom. The number of benzene rings is 1. The van der Waals surface area contributed by atoms with E-state index in [2.05, 4.69) is 0 Å². The predicted octanol–water partition coefficient (Wildman–Crippen LogP) is 0.641. The summed E-state index contributed by atoms with van der Waals surface area (Å²) in [5, 5.41) is 9.44. The molecule has 0 spiro atoms. The lowest BCUT2D eigenvalue weighted by Gasteiger charge is -2.18. The SMILES string of the molecule is Cc1cc(N)c(S(=O)(=O)N2CC[C@@H](O)C2)cc1C. The summed E-state index contributed by atoms with van der Waals surface area (Å²) in [6.07, 6.45) is -0.100. The molecule has 0 bridgehead atoms. The number of hydrogen-bond donors (Lipinski definition) is 2. The van der Waals surface area contributed by atoms with Gasteiger partial charge in [-0.05, 0) is 43.5 Å². The van der Waals surface area contributed by atoms with Gasteiger partial charge in [0, 0.05) is 13.1 Å². The molecule has 1 aliphatic heterocycles. The Bertz CT molecular complexity index is 569. The first-order valence-electron chi connectivity index (χ1n) is 5.87. The first-order valence-corrected chi connectivity index (χ1v) is 7.31. The van der Waals surface area contributed by atoms with Gasteiger partial charge in [0.05, 0.1) is 11.8 Å². The lowest BCUT2D eigenvalue weighted by molar-refractivity contribution is 0.189. The largest absolute Gasteiger partial charge is 0.398 e. The van der Waals surface area contributed by atoms with E-state index in [4.69, 9.17) is 5.73 Å². The second-order valence-electron chi connectivity index (χ2n) is 4.78. The topological polar surface area (TPSA) is 83.6 Å². The van der Waals surface area contributed by atoms with E-state index in [-0.39, 0.29) is 17.1 Å². The van der Waals surface area contributed by atoms with Crippen molar-refractivity contribution in [2.75, 3.05) is 18.8 Å². The molecule has 1 fully saturated rings. The van der Waals surface area contributed by atoms with Crippen LogP contribution in [0.15, 0.2) is 17.0 Å². The van der Waals surface area contributed by atoms with E-state index >= 15 is 0 Å². The number of sulfonamides is 1. The Morgan fingerprint density at radius 2 is 1.94 bits per heavy atom. The molecule has 0 saturated carbocycles. The highest BCUT2D eigenvalue weighted by Crippen LogP contribution is 2.27. The minimum absolute atomic E-state index is 0.139. The summed E-state index contributed by atoms with van der Waals surface area (Å²) in [7, 11) is -3.59. The van der Waals surface area contributed by atoms with Crippen molar-refractivity contribution >= 4 is 15.7 Å². The first kappa shape index (κ1) is 13.3. The van der Waals surface area contributed by atoms with Crippen LogP contribution in [0.3, 0.4) is 0 Å². The third kappa shape index (κ3) is 2.23. The van der Waals surface area contributed by atoms with E-state index in [1.165, 1.54) is 4.31 Å². The highest BCUT2D eigenvalue weighted by Gasteiger charge is 2.32. The zero-order valence-corrected chi connectivity index (χ0v) is 11.4. The van der Waals surface area contributed by atoms with Crippen molar-refractivity contribution in [2.45, 2.75) is 31.3 Å². The molecule has 1 heterocycles. The number of aliphatic hydroxyl groups is 1. The fourth-order valence-electron chi connectivity index (χ4n) is 2.10. The number of nitrogen functional groups attached to an aromatic ring is 1. The summed E-state index contributed by atoms with van der Waals surface area (Å²) < 4.78 is 26.1. The number of rotatable bonds is 2. The number of β-amino-alcohol motifs (C(OH)–C–C–N with tert-alkyl or cyclic N) is 1. The summed E-state index contributed by atoms with van der Waals surface area (Å²) in [6.45, 7) is 4.24. The van der Waals surface area contributed by atoms with Crippen LogP contribution in [-0.2, 0) is 10.0 Å². The molecule has 0 unspecified atom stereocenters. The molecule has 1 aromatic carbocycles. The van der Waals surface area contributed by atoms with Crippen molar-refractivity contribution in [3.63, 3.8) is 0 Å². The molecular weight excluding hydrogens is 252 g/mol. The molecule has 1 atom stereocenters. The number of aliphatic hydroxyl groups excluding tert-OH is 1. The Balaban J connectivity index is 2.45. The van der Waals surface area contributed by atoms with Gasteiger partial charge < -0.3 is 10.8 Å². The Labute approximate surface area is 107 Å². The van der Waals surface area contributed by atoms with Crippen LogP contribution < -0.4 is 5.73 Å². The van der Waals surface area contributed by atoms with Crippen LogP contribution >= 0.6 is 0 Å². The van der Waals surface area contributed by atoms with Crippen LogP contribution in [0.4, 0.5) is 5.69 Å². The molecule has 0 aliphatic carbocycles. The summed E-state index contributed by atoms with van der Waals surface area (Å²) in [5.41, 5.74) is 7.93. The van der Waals surface area contributed by atoms with E-state index in [1.807, 2.05) is 13.8 Å². The summed E-state index contributed by atoms with van der Waals surface area (Å²) in [6, 6.07) is 3.28. The van der Waals surface area contributed by atoms with Crippen LogP contribution in [0.5, 0.6) is 0 Å². The molecule has 5 nitrogen and oxygen atoms in total. The van der Waals surface area contributed by atoms with Gasteiger partial charge in [-0.1, -0.05) is 0 Å². The third-order valence-electron chi connectivity index (χ3n) is 3.37. The van der Waals surface area contributed by atoms with Gasteiger partial charge in [-0.3, -0.25) is 0 Å². The van der Waals surface area contributed by atoms with Crippen LogP contribution in [0.25, 0.3) is 0 Å². The highest BCUT2D eigenvalue weighted by molar-refractivity contribution is 7.89. The second-order valence-corrected chi connectivity index (χ2v) is 6.69. The van der Waals surface area contributed by atoms with E-state index in [0.29, 0.717) is 13.0 Å². The Morgan fingerprint density at radius 3 is 2.50 bits per heavy atom. The van der Waals surface area contributed by atoms with Gasteiger partial charge in [-0.2, -0.15) is 4.31 Å². The van der Waals surface area contributed by atoms with Crippen LogP contribution in [0.2, 0.25) is 0 Å². The molecule has 100 valence electrons. The van der Waals surface area contributed by atoms with E-state index < -0.39 is 16.1 Å².